The fourth-order valence-electron chi connectivity index (χ4n) is 4.31. The molecule has 0 amide bonds. The summed E-state index contributed by atoms with van der Waals surface area (Å²) >= 11 is 0. The maximum Gasteiger partial charge on any atom is 0.320 e. The van der Waals surface area contributed by atoms with Gasteiger partial charge in [-0.2, -0.15) is 0 Å². The molecule has 2 heterocycles. The van der Waals surface area contributed by atoms with Crippen molar-refractivity contribution < 1.29 is 19.1 Å². The highest BCUT2D eigenvalue weighted by Gasteiger charge is 2.45. The van der Waals surface area contributed by atoms with E-state index in [1.807, 2.05) is 36.4 Å². The second-order valence-electron chi connectivity index (χ2n) is 7.01. The Balaban J connectivity index is 1.48. The predicted molar refractivity (Wildman–Crippen MR) is 92.6 cm³/mol. The van der Waals surface area contributed by atoms with Crippen LogP contribution in [0.25, 0.3) is 0 Å². The molecule has 4 rings (SSSR count). The molecule has 2 aliphatic rings. The number of likely N-dealkylation sites (tertiary alicyclic amines) is 1. The summed E-state index contributed by atoms with van der Waals surface area (Å²) in [5, 5.41) is 9.61. The van der Waals surface area contributed by atoms with Crippen LogP contribution >= 0.6 is 0 Å². The quantitative estimate of drug-likeness (QED) is 0.879. The summed E-state index contributed by atoms with van der Waals surface area (Å²) in [6.45, 7) is 0.524. The van der Waals surface area contributed by atoms with E-state index in [9.17, 15) is 9.90 Å². The van der Waals surface area contributed by atoms with Gasteiger partial charge in [-0.3, -0.25) is 9.69 Å². The number of carbonyl (C=O) groups is 1. The van der Waals surface area contributed by atoms with E-state index in [1.165, 1.54) is 12.8 Å². The number of furan rings is 1. The van der Waals surface area contributed by atoms with Gasteiger partial charge in [-0.1, -0.05) is 31.0 Å². The number of para-hydroxylation sites is 1. The highest BCUT2D eigenvalue weighted by molar-refractivity contribution is 5.74. The number of carboxylic acid groups (broad SMARTS) is 1. The zero-order valence-corrected chi connectivity index (χ0v) is 14.1. The molecule has 132 valence electrons. The summed E-state index contributed by atoms with van der Waals surface area (Å²) in [7, 11) is 0. The second kappa shape index (κ2) is 6.92. The lowest BCUT2D eigenvalue weighted by atomic mass is 9.85. The van der Waals surface area contributed by atoms with Crippen molar-refractivity contribution in [2.75, 3.05) is 0 Å². The fraction of sp³-hybridized carbons (Fsp3) is 0.450. The van der Waals surface area contributed by atoms with Gasteiger partial charge in [-0.25, -0.2) is 0 Å². The van der Waals surface area contributed by atoms with Gasteiger partial charge in [-0.15, -0.1) is 0 Å². The highest BCUT2D eigenvalue weighted by atomic mass is 16.6. The van der Waals surface area contributed by atoms with Crippen molar-refractivity contribution in [3.05, 3.63) is 48.2 Å². The van der Waals surface area contributed by atoms with Gasteiger partial charge < -0.3 is 14.3 Å². The van der Waals surface area contributed by atoms with Crippen molar-refractivity contribution in [2.24, 2.45) is 5.92 Å². The Morgan fingerprint density at radius 1 is 1.16 bits per heavy atom. The molecule has 3 atom stereocenters. The number of ether oxygens (including phenoxy) is 1. The summed E-state index contributed by atoms with van der Waals surface area (Å²) in [6, 6.07) is 13.1. The van der Waals surface area contributed by atoms with Crippen LogP contribution in [0.5, 0.6) is 11.7 Å². The van der Waals surface area contributed by atoms with Crippen LogP contribution in [0.4, 0.5) is 0 Å². The van der Waals surface area contributed by atoms with E-state index in [0.717, 1.165) is 30.8 Å². The van der Waals surface area contributed by atoms with Gasteiger partial charge in [0, 0.05) is 12.1 Å². The van der Waals surface area contributed by atoms with Crippen molar-refractivity contribution in [1.82, 2.24) is 4.90 Å². The van der Waals surface area contributed by atoms with Crippen molar-refractivity contribution >= 4 is 5.97 Å². The summed E-state index contributed by atoms with van der Waals surface area (Å²) in [5.41, 5.74) is 0. The molecule has 0 spiro atoms. The third kappa shape index (κ3) is 3.42. The van der Waals surface area contributed by atoms with Gasteiger partial charge in [0.25, 0.3) is 5.95 Å². The minimum Gasteiger partial charge on any atom is -0.480 e. The Labute approximate surface area is 147 Å². The number of fused-ring (bicyclic) bond motifs is 1. The van der Waals surface area contributed by atoms with Gasteiger partial charge >= 0.3 is 5.97 Å². The Hall–Kier alpha value is -2.27. The molecule has 5 heteroatoms. The number of hydrogen-bond acceptors (Lipinski definition) is 4. The van der Waals surface area contributed by atoms with Gasteiger partial charge in [-0.05, 0) is 43.4 Å². The molecule has 1 saturated heterocycles. The average molecular weight is 341 g/mol. The van der Waals surface area contributed by atoms with Crippen LogP contribution < -0.4 is 4.74 Å². The van der Waals surface area contributed by atoms with Crippen LogP contribution in [0.3, 0.4) is 0 Å². The topological polar surface area (TPSA) is 62.9 Å². The molecule has 2 fully saturated rings. The van der Waals surface area contributed by atoms with Crippen molar-refractivity contribution in [1.29, 1.82) is 0 Å². The second-order valence-corrected chi connectivity index (χ2v) is 7.01. The Morgan fingerprint density at radius 3 is 2.76 bits per heavy atom. The van der Waals surface area contributed by atoms with E-state index >= 15 is 0 Å². The fourth-order valence-corrected chi connectivity index (χ4v) is 4.31. The van der Waals surface area contributed by atoms with Gasteiger partial charge in [0.05, 0.1) is 6.54 Å². The SMILES string of the molecule is O=C(O)C1CC2CCCCC2N1Cc1ccc(Oc2ccccc2)o1. The zero-order valence-electron chi connectivity index (χ0n) is 14.1. The van der Waals surface area contributed by atoms with Crippen molar-refractivity contribution in [3.63, 3.8) is 0 Å². The lowest BCUT2D eigenvalue weighted by Gasteiger charge is -2.32. The number of benzene rings is 1. The van der Waals surface area contributed by atoms with Gasteiger partial charge in [0.1, 0.15) is 17.6 Å². The standard InChI is InChI=1S/C20H23NO4/c22-20(23)18-12-14-6-4-5-9-17(14)21(18)13-16-10-11-19(25-16)24-15-7-2-1-3-8-15/h1-3,7-8,10-11,14,17-18H,4-6,9,12-13H2,(H,22,23). The van der Waals surface area contributed by atoms with E-state index < -0.39 is 12.0 Å². The number of nitrogens with zero attached hydrogens (tertiary/aromatic N) is 1. The van der Waals surface area contributed by atoms with E-state index in [-0.39, 0.29) is 0 Å². The minimum absolute atomic E-state index is 0.360. The maximum atomic E-state index is 11.7. The molecule has 25 heavy (non-hydrogen) atoms. The van der Waals surface area contributed by atoms with Crippen LogP contribution in [-0.4, -0.2) is 28.1 Å². The Bertz CT molecular complexity index is 726. The summed E-state index contributed by atoms with van der Waals surface area (Å²) in [6.07, 6.45) is 5.39. The van der Waals surface area contributed by atoms with Crippen molar-refractivity contribution in [3.8, 4) is 11.7 Å². The first-order valence-corrected chi connectivity index (χ1v) is 9.01. The summed E-state index contributed by atoms with van der Waals surface area (Å²) in [5.74, 6) is 1.70. The van der Waals surface area contributed by atoms with E-state index in [1.54, 1.807) is 6.07 Å². The minimum atomic E-state index is -0.721. The Morgan fingerprint density at radius 2 is 1.96 bits per heavy atom. The first kappa shape index (κ1) is 16.2. The largest absolute Gasteiger partial charge is 0.480 e. The number of carboxylic acids is 1. The molecule has 0 radical (unpaired) electrons. The highest BCUT2D eigenvalue weighted by Crippen LogP contribution is 2.41. The number of rotatable bonds is 5. The number of hydrogen-bond donors (Lipinski definition) is 1. The predicted octanol–water partition coefficient (Wildman–Crippen LogP) is 4.29. The maximum absolute atomic E-state index is 11.7. The molecule has 1 aliphatic carbocycles. The average Bonchev–Trinajstić information content (AvgIpc) is 3.21. The number of aliphatic carboxylic acids is 1. The molecular formula is C20H23NO4. The summed E-state index contributed by atoms with van der Waals surface area (Å²) < 4.78 is 11.5. The molecule has 1 N–H and O–H groups in total. The van der Waals surface area contributed by atoms with Crippen LogP contribution in [0.15, 0.2) is 46.9 Å². The van der Waals surface area contributed by atoms with Crippen LogP contribution in [0.2, 0.25) is 0 Å². The smallest absolute Gasteiger partial charge is 0.320 e. The molecule has 5 nitrogen and oxygen atoms in total. The van der Waals surface area contributed by atoms with Gasteiger partial charge in [0.2, 0.25) is 0 Å². The van der Waals surface area contributed by atoms with Crippen molar-refractivity contribution in [2.45, 2.75) is 50.7 Å². The molecule has 2 aromatic rings. The third-order valence-electron chi connectivity index (χ3n) is 5.44. The third-order valence-corrected chi connectivity index (χ3v) is 5.44. The molecule has 1 aromatic heterocycles. The van der Waals surface area contributed by atoms with Crippen LogP contribution in [0.1, 0.15) is 37.9 Å². The molecule has 1 saturated carbocycles. The van der Waals surface area contributed by atoms with Crippen LogP contribution in [-0.2, 0) is 11.3 Å². The van der Waals surface area contributed by atoms with E-state index in [2.05, 4.69) is 4.90 Å². The molecular weight excluding hydrogens is 318 g/mol. The van der Waals surface area contributed by atoms with E-state index in [4.69, 9.17) is 9.15 Å². The molecule has 0 bridgehead atoms. The Kier molecular flexibility index (Phi) is 4.49. The monoisotopic (exact) mass is 341 g/mol. The van der Waals surface area contributed by atoms with E-state index in [0.29, 0.717) is 24.5 Å². The zero-order chi connectivity index (χ0) is 17.2. The first-order valence-electron chi connectivity index (χ1n) is 9.01. The van der Waals surface area contributed by atoms with Crippen LogP contribution in [0, 0.1) is 5.92 Å². The summed E-state index contributed by atoms with van der Waals surface area (Å²) in [4.78, 5) is 13.8. The van der Waals surface area contributed by atoms with Gasteiger partial charge in [0.15, 0.2) is 0 Å². The molecule has 1 aliphatic heterocycles. The molecule has 1 aromatic carbocycles. The molecule has 3 unspecified atom stereocenters. The lowest BCUT2D eigenvalue weighted by Crippen LogP contribution is -2.41. The normalized spacial score (nSPS) is 26.3. The first-order chi connectivity index (χ1) is 12.2. The lowest BCUT2D eigenvalue weighted by molar-refractivity contribution is -0.143.